The zero-order valence-electron chi connectivity index (χ0n) is 12.6. The van der Waals surface area contributed by atoms with Crippen LogP contribution in [0, 0.1) is 0 Å². The van der Waals surface area contributed by atoms with Gasteiger partial charge < -0.3 is 9.64 Å². The van der Waals surface area contributed by atoms with Crippen molar-refractivity contribution in [1.29, 1.82) is 0 Å². The van der Waals surface area contributed by atoms with Gasteiger partial charge in [-0.05, 0) is 24.6 Å². The van der Waals surface area contributed by atoms with Crippen molar-refractivity contribution in [3.63, 3.8) is 0 Å². The number of nitrogens with zero attached hydrogens (tertiary/aromatic N) is 3. The Balaban J connectivity index is 1.99. The normalized spacial score (nSPS) is 10.4. The molecule has 1 heterocycles. The van der Waals surface area contributed by atoms with Crippen molar-refractivity contribution in [2.45, 2.75) is 26.8 Å². The number of aromatic nitrogens is 3. The number of nitrogens with one attached hydrogen (secondary N) is 1. The number of ether oxygens (including phenoxy) is 1. The van der Waals surface area contributed by atoms with Crippen LogP contribution in [0.1, 0.15) is 35.9 Å². The second-order valence-corrected chi connectivity index (χ2v) is 4.70. The average molecular weight is 288 g/mol. The highest BCUT2D eigenvalue weighted by Gasteiger charge is 2.16. The molecule has 0 saturated heterocycles. The van der Waals surface area contributed by atoms with E-state index in [1.54, 1.807) is 11.9 Å². The summed E-state index contributed by atoms with van der Waals surface area (Å²) in [5, 5.41) is 6.69. The molecule has 2 rings (SSSR count). The van der Waals surface area contributed by atoms with Crippen LogP contribution in [0.2, 0.25) is 0 Å². The molecule has 0 fully saturated rings. The third kappa shape index (κ3) is 3.81. The fourth-order valence-electron chi connectivity index (χ4n) is 1.92. The standard InChI is InChI=1S/C15H20N4O2/c1-4-13-16-14(18-17-13)15(20)19(3)10-11-6-8-12(9-7-11)21-5-2/h6-9H,4-5,10H2,1-3H3,(H,16,17,18). The molecule has 1 aromatic heterocycles. The molecule has 0 aliphatic heterocycles. The minimum Gasteiger partial charge on any atom is -0.494 e. The third-order valence-corrected chi connectivity index (χ3v) is 3.06. The van der Waals surface area contributed by atoms with E-state index in [1.807, 2.05) is 38.1 Å². The van der Waals surface area contributed by atoms with E-state index in [0.717, 1.165) is 17.7 Å². The van der Waals surface area contributed by atoms with Crippen LogP contribution < -0.4 is 4.74 Å². The fourth-order valence-corrected chi connectivity index (χ4v) is 1.92. The molecule has 0 aliphatic carbocycles. The van der Waals surface area contributed by atoms with E-state index in [-0.39, 0.29) is 11.7 Å². The molecule has 6 nitrogen and oxygen atoms in total. The summed E-state index contributed by atoms with van der Waals surface area (Å²) in [6.45, 7) is 5.05. The maximum absolute atomic E-state index is 12.2. The number of H-pyrrole nitrogens is 1. The van der Waals surface area contributed by atoms with Gasteiger partial charge in [-0.3, -0.25) is 9.89 Å². The van der Waals surface area contributed by atoms with Gasteiger partial charge in [0, 0.05) is 20.0 Å². The number of amides is 1. The highest BCUT2D eigenvalue weighted by molar-refractivity contribution is 5.90. The van der Waals surface area contributed by atoms with Crippen molar-refractivity contribution in [2.24, 2.45) is 0 Å². The largest absolute Gasteiger partial charge is 0.494 e. The predicted octanol–water partition coefficient (Wildman–Crippen LogP) is 2.04. The monoisotopic (exact) mass is 288 g/mol. The van der Waals surface area contributed by atoms with Crippen LogP contribution in [0.3, 0.4) is 0 Å². The van der Waals surface area contributed by atoms with Crippen molar-refractivity contribution < 1.29 is 9.53 Å². The number of aromatic amines is 1. The van der Waals surface area contributed by atoms with E-state index in [0.29, 0.717) is 19.0 Å². The Morgan fingerprint density at radius 3 is 2.57 bits per heavy atom. The first-order valence-corrected chi connectivity index (χ1v) is 7.02. The van der Waals surface area contributed by atoms with Crippen LogP contribution in [0.5, 0.6) is 5.75 Å². The molecule has 0 spiro atoms. The zero-order valence-corrected chi connectivity index (χ0v) is 12.6. The number of carbonyl (C=O) groups excluding carboxylic acids is 1. The van der Waals surface area contributed by atoms with E-state index in [2.05, 4.69) is 15.2 Å². The Hall–Kier alpha value is -2.37. The summed E-state index contributed by atoms with van der Waals surface area (Å²) in [4.78, 5) is 18.0. The molecule has 1 amide bonds. The van der Waals surface area contributed by atoms with Gasteiger partial charge in [-0.15, -0.1) is 5.10 Å². The highest BCUT2D eigenvalue weighted by Crippen LogP contribution is 2.13. The summed E-state index contributed by atoms with van der Waals surface area (Å²) in [7, 11) is 1.74. The second-order valence-electron chi connectivity index (χ2n) is 4.70. The average Bonchev–Trinajstić information content (AvgIpc) is 2.97. The number of carbonyl (C=O) groups is 1. The van der Waals surface area contributed by atoms with Crippen LogP contribution in [0.25, 0.3) is 0 Å². The molecule has 6 heteroatoms. The molecular weight excluding hydrogens is 268 g/mol. The molecule has 1 N–H and O–H groups in total. The summed E-state index contributed by atoms with van der Waals surface area (Å²) in [6.07, 6.45) is 0.725. The van der Waals surface area contributed by atoms with Crippen LogP contribution >= 0.6 is 0 Å². The lowest BCUT2D eigenvalue weighted by molar-refractivity contribution is 0.0773. The molecule has 2 aromatic rings. The van der Waals surface area contributed by atoms with Gasteiger partial charge in [-0.25, -0.2) is 4.98 Å². The van der Waals surface area contributed by atoms with Gasteiger partial charge in [-0.2, -0.15) is 0 Å². The molecule has 0 atom stereocenters. The number of rotatable bonds is 6. The molecule has 112 valence electrons. The minimum absolute atomic E-state index is 0.195. The molecule has 0 aliphatic rings. The Morgan fingerprint density at radius 2 is 2.00 bits per heavy atom. The summed E-state index contributed by atoms with van der Waals surface area (Å²) in [5.74, 6) is 1.56. The van der Waals surface area contributed by atoms with Crippen molar-refractivity contribution >= 4 is 5.91 Å². The SMILES string of the molecule is CCOc1ccc(CN(C)C(=O)c2n[nH]c(CC)n2)cc1. The fraction of sp³-hybridized carbons (Fsp3) is 0.400. The first kappa shape index (κ1) is 15.0. The topological polar surface area (TPSA) is 71.1 Å². The van der Waals surface area contributed by atoms with E-state index in [4.69, 9.17) is 4.74 Å². The van der Waals surface area contributed by atoms with E-state index < -0.39 is 0 Å². The number of aryl methyl sites for hydroxylation is 1. The lowest BCUT2D eigenvalue weighted by atomic mass is 10.2. The van der Waals surface area contributed by atoms with Gasteiger partial charge in [0.2, 0.25) is 5.82 Å². The highest BCUT2D eigenvalue weighted by atomic mass is 16.5. The van der Waals surface area contributed by atoms with Gasteiger partial charge >= 0.3 is 0 Å². The van der Waals surface area contributed by atoms with E-state index in [9.17, 15) is 4.79 Å². The zero-order chi connectivity index (χ0) is 15.2. The predicted molar refractivity (Wildman–Crippen MR) is 79.2 cm³/mol. The summed E-state index contributed by atoms with van der Waals surface area (Å²) < 4.78 is 5.39. The summed E-state index contributed by atoms with van der Waals surface area (Å²) in [5.41, 5.74) is 1.03. The second kappa shape index (κ2) is 6.88. The third-order valence-electron chi connectivity index (χ3n) is 3.06. The number of benzene rings is 1. The van der Waals surface area contributed by atoms with Crippen LogP contribution in [-0.4, -0.2) is 39.6 Å². The van der Waals surface area contributed by atoms with E-state index in [1.165, 1.54) is 0 Å². The maximum Gasteiger partial charge on any atom is 0.293 e. The smallest absolute Gasteiger partial charge is 0.293 e. The summed E-state index contributed by atoms with van der Waals surface area (Å²) >= 11 is 0. The maximum atomic E-state index is 12.2. The Bertz CT molecular complexity index is 592. The molecule has 21 heavy (non-hydrogen) atoms. The molecule has 0 bridgehead atoms. The lowest BCUT2D eigenvalue weighted by Crippen LogP contribution is -2.27. The van der Waals surface area contributed by atoms with Crippen molar-refractivity contribution in [3.8, 4) is 5.75 Å². The van der Waals surface area contributed by atoms with Crippen molar-refractivity contribution in [1.82, 2.24) is 20.1 Å². The van der Waals surface area contributed by atoms with Gasteiger partial charge in [0.25, 0.3) is 5.91 Å². The van der Waals surface area contributed by atoms with E-state index >= 15 is 0 Å². The number of hydrogen-bond acceptors (Lipinski definition) is 4. The van der Waals surface area contributed by atoms with Crippen LogP contribution in [-0.2, 0) is 13.0 Å². The van der Waals surface area contributed by atoms with Crippen LogP contribution in [0.4, 0.5) is 0 Å². The van der Waals surface area contributed by atoms with Gasteiger partial charge in [0.05, 0.1) is 6.61 Å². The molecular formula is C15H20N4O2. The molecule has 0 unspecified atom stereocenters. The Morgan fingerprint density at radius 1 is 1.29 bits per heavy atom. The first-order valence-electron chi connectivity index (χ1n) is 7.02. The Kier molecular flexibility index (Phi) is 4.92. The Labute approximate surface area is 124 Å². The molecule has 0 saturated carbocycles. The number of hydrogen-bond donors (Lipinski definition) is 1. The van der Waals surface area contributed by atoms with Gasteiger partial charge in [0.1, 0.15) is 11.6 Å². The van der Waals surface area contributed by atoms with Crippen molar-refractivity contribution in [2.75, 3.05) is 13.7 Å². The lowest BCUT2D eigenvalue weighted by Gasteiger charge is -2.15. The molecule has 0 radical (unpaired) electrons. The summed E-state index contributed by atoms with van der Waals surface area (Å²) in [6, 6.07) is 7.70. The molecule has 1 aromatic carbocycles. The first-order chi connectivity index (χ1) is 10.1. The van der Waals surface area contributed by atoms with Crippen molar-refractivity contribution in [3.05, 3.63) is 41.5 Å². The quantitative estimate of drug-likeness (QED) is 0.883. The minimum atomic E-state index is -0.195. The van der Waals surface area contributed by atoms with Gasteiger partial charge in [-0.1, -0.05) is 19.1 Å². The van der Waals surface area contributed by atoms with Gasteiger partial charge in [0.15, 0.2) is 0 Å². The van der Waals surface area contributed by atoms with Crippen LogP contribution in [0.15, 0.2) is 24.3 Å².